The molecule has 0 bridgehead atoms. The Morgan fingerprint density at radius 2 is 1.76 bits per heavy atom. The first-order chi connectivity index (χ1) is 19.9. The van der Waals surface area contributed by atoms with Crippen LogP contribution in [0.1, 0.15) is 22.8 Å². The number of nitrogens with zero attached hydrogens (tertiary/aromatic N) is 1. The van der Waals surface area contributed by atoms with E-state index >= 15 is 0 Å². The van der Waals surface area contributed by atoms with Crippen LogP contribution in [0.5, 0.6) is 0 Å². The van der Waals surface area contributed by atoms with E-state index < -0.39 is 11.2 Å². The highest BCUT2D eigenvalue weighted by Crippen LogP contribution is 2.30. The van der Waals surface area contributed by atoms with Gasteiger partial charge in [-0.2, -0.15) is 11.3 Å². The van der Waals surface area contributed by atoms with Gasteiger partial charge in [-0.05, 0) is 77.2 Å². The third-order valence-corrected chi connectivity index (χ3v) is 9.11. The first kappa shape index (κ1) is 28.5. The second-order valence-corrected chi connectivity index (χ2v) is 12.7. The third-order valence-electron chi connectivity index (χ3n) is 5.66. The van der Waals surface area contributed by atoms with E-state index in [9.17, 15) is 14.4 Å². The number of carbonyl (C=O) groups is 3. The lowest BCUT2D eigenvalue weighted by Crippen LogP contribution is -2.30. The predicted octanol–water partition coefficient (Wildman–Crippen LogP) is 7.46. The molecule has 0 aliphatic carbocycles. The number of hydrogen-bond donors (Lipinski definition) is 3. The van der Waals surface area contributed by atoms with Gasteiger partial charge in [-0.1, -0.05) is 30.3 Å². The highest BCUT2D eigenvalue weighted by molar-refractivity contribution is 8.00. The predicted molar refractivity (Wildman–Crippen MR) is 171 cm³/mol. The van der Waals surface area contributed by atoms with E-state index in [4.69, 9.17) is 0 Å². The lowest BCUT2D eigenvalue weighted by Gasteiger charge is -2.13. The number of rotatable bonds is 10. The van der Waals surface area contributed by atoms with Crippen LogP contribution in [0.25, 0.3) is 16.6 Å². The molecule has 0 saturated carbocycles. The van der Waals surface area contributed by atoms with Crippen molar-refractivity contribution in [2.24, 2.45) is 0 Å². The normalized spacial score (nSPS) is 12.0. The Hall–Kier alpha value is -4.03. The Labute approximate surface area is 253 Å². The second kappa shape index (κ2) is 13.6. The summed E-state index contributed by atoms with van der Waals surface area (Å²) in [5.74, 6) is -1.01. The lowest BCUT2D eigenvalue weighted by atomic mass is 10.2. The van der Waals surface area contributed by atoms with Crippen molar-refractivity contribution in [1.82, 2.24) is 10.3 Å². The summed E-state index contributed by atoms with van der Waals surface area (Å²) in [4.78, 5) is 45.3. The van der Waals surface area contributed by atoms with Crippen molar-refractivity contribution < 1.29 is 14.4 Å². The zero-order chi connectivity index (χ0) is 28.6. The summed E-state index contributed by atoms with van der Waals surface area (Å²) in [7, 11) is 0. The quantitative estimate of drug-likeness (QED) is 0.112. The molecule has 0 spiro atoms. The number of amides is 3. The molecule has 3 amide bonds. The molecule has 0 aliphatic heterocycles. The van der Waals surface area contributed by atoms with Gasteiger partial charge < -0.3 is 16.0 Å². The molecule has 1 atom stereocenters. The molecular weight excluding hydrogens is 593 g/mol. The number of thiazole rings is 1. The van der Waals surface area contributed by atoms with Crippen LogP contribution in [-0.4, -0.2) is 28.0 Å². The van der Waals surface area contributed by atoms with Gasteiger partial charge >= 0.3 is 0 Å². The SMILES string of the molecule is CC(Sc1cccc(NC(=O)/C(=C/c2ccsc2)NC(=O)c2ccccc2)c1)C(=O)Nc1nc(-c2cccs2)cs1. The Morgan fingerprint density at radius 3 is 2.51 bits per heavy atom. The summed E-state index contributed by atoms with van der Waals surface area (Å²) in [6, 6.07) is 21.8. The number of aromatic nitrogens is 1. The molecule has 5 aromatic rings. The van der Waals surface area contributed by atoms with E-state index in [0.29, 0.717) is 16.4 Å². The minimum absolute atomic E-state index is 0.119. The van der Waals surface area contributed by atoms with E-state index in [0.717, 1.165) is 21.0 Å². The first-order valence-corrected chi connectivity index (χ1v) is 16.0. The molecule has 1 unspecified atom stereocenters. The summed E-state index contributed by atoms with van der Waals surface area (Å²) in [6.07, 6.45) is 1.64. The number of thiophene rings is 2. The summed E-state index contributed by atoms with van der Waals surface area (Å²) in [6.45, 7) is 1.82. The average Bonchev–Trinajstić information content (AvgIpc) is 3.77. The van der Waals surface area contributed by atoms with Crippen LogP contribution in [0.3, 0.4) is 0 Å². The number of carbonyl (C=O) groups excluding carboxylic acids is 3. The minimum atomic E-state index is -0.460. The van der Waals surface area contributed by atoms with E-state index in [1.807, 2.05) is 64.8 Å². The van der Waals surface area contributed by atoms with Crippen LogP contribution >= 0.6 is 45.8 Å². The van der Waals surface area contributed by atoms with Crippen LogP contribution in [0, 0.1) is 0 Å². The van der Waals surface area contributed by atoms with Crippen LogP contribution in [0.2, 0.25) is 0 Å². The molecule has 3 N–H and O–H groups in total. The molecule has 2 aromatic carbocycles. The summed E-state index contributed by atoms with van der Waals surface area (Å²) in [5.41, 5.74) is 2.76. The molecule has 0 radical (unpaired) electrons. The highest BCUT2D eigenvalue weighted by atomic mass is 32.2. The van der Waals surface area contributed by atoms with Crippen molar-refractivity contribution in [2.75, 3.05) is 10.6 Å². The molecule has 5 rings (SSSR count). The molecule has 3 heterocycles. The first-order valence-electron chi connectivity index (χ1n) is 12.4. The van der Waals surface area contributed by atoms with Crippen molar-refractivity contribution in [1.29, 1.82) is 0 Å². The minimum Gasteiger partial charge on any atom is -0.321 e. The average molecular weight is 617 g/mol. The van der Waals surface area contributed by atoms with Crippen LogP contribution in [-0.2, 0) is 9.59 Å². The van der Waals surface area contributed by atoms with Gasteiger partial charge in [0.05, 0.1) is 15.8 Å². The fraction of sp³-hybridized carbons (Fsp3) is 0.0667. The van der Waals surface area contributed by atoms with Gasteiger partial charge in [-0.3, -0.25) is 14.4 Å². The van der Waals surface area contributed by atoms with Gasteiger partial charge in [-0.25, -0.2) is 4.98 Å². The van der Waals surface area contributed by atoms with Gasteiger partial charge in [-0.15, -0.1) is 34.4 Å². The molecule has 7 nitrogen and oxygen atoms in total. The van der Waals surface area contributed by atoms with Crippen LogP contribution in [0.15, 0.2) is 105 Å². The lowest BCUT2D eigenvalue weighted by molar-refractivity contribution is -0.115. The van der Waals surface area contributed by atoms with E-state index in [-0.39, 0.29) is 17.5 Å². The second-order valence-electron chi connectivity index (χ2n) is 8.68. The Morgan fingerprint density at radius 1 is 0.902 bits per heavy atom. The number of hydrogen-bond acceptors (Lipinski definition) is 8. The number of nitrogens with one attached hydrogen (secondary N) is 3. The fourth-order valence-electron chi connectivity index (χ4n) is 3.65. The highest BCUT2D eigenvalue weighted by Gasteiger charge is 2.18. The number of benzene rings is 2. The molecule has 11 heteroatoms. The molecule has 3 aromatic heterocycles. The van der Waals surface area contributed by atoms with Crippen molar-refractivity contribution in [3.8, 4) is 10.6 Å². The van der Waals surface area contributed by atoms with Gasteiger partial charge in [0.25, 0.3) is 11.8 Å². The van der Waals surface area contributed by atoms with Crippen molar-refractivity contribution in [3.05, 3.63) is 111 Å². The zero-order valence-corrected chi connectivity index (χ0v) is 25.0. The van der Waals surface area contributed by atoms with Gasteiger partial charge in [0.1, 0.15) is 5.70 Å². The Balaban J connectivity index is 1.23. The number of thioether (sulfide) groups is 1. The smallest absolute Gasteiger partial charge is 0.272 e. The summed E-state index contributed by atoms with van der Waals surface area (Å²) < 4.78 is 0. The van der Waals surface area contributed by atoms with E-state index in [1.54, 1.807) is 53.8 Å². The Bertz CT molecular complexity index is 1660. The number of anilines is 2. The Kier molecular flexibility index (Phi) is 9.42. The van der Waals surface area contributed by atoms with Crippen molar-refractivity contribution >= 4 is 80.4 Å². The molecular formula is C30H24N4O3S4. The maximum Gasteiger partial charge on any atom is 0.272 e. The molecule has 0 saturated heterocycles. The van der Waals surface area contributed by atoms with E-state index in [1.165, 1.54) is 34.4 Å². The standard InChI is InChI=1S/C30H24N4O3S4/c1-19(27(35)34-30-33-25(18-40-30)26-11-6-13-39-26)41-23-10-5-9-22(16-23)31-29(37)24(15-20-12-14-38-17-20)32-28(36)21-7-3-2-4-8-21/h2-19H,1H3,(H,31,37)(H,32,36)(H,33,34,35)/b24-15-. The molecule has 0 fully saturated rings. The largest absolute Gasteiger partial charge is 0.321 e. The maximum atomic E-state index is 13.3. The van der Waals surface area contributed by atoms with Crippen molar-refractivity contribution in [3.63, 3.8) is 0 Å². The van der Waals surface area contributed by atoms with Gasteiger partial charge in [0.2, 0.25) is 5.91 Å². The maximum absolute atomic E-state index is 13.3. The van der Waals surface area contributed by atoms with Gasteiger partial charge in [0.15, 0.2) is 5.13 Å². The molecule has 0 aliphatic rings. The van der Waals surface area contributed by atoms with Crippen LogP contribution in [0.4, 0.5) is 10.8 Å². The topological polar surface area (TPSA) is 100 Å². The zero-order valence-electron chi connectivity index (χ0n) is 21.7. The third kappa shape index (κ3) is 7.80. The van der Waals surface area contributed by atoms with Crippen molar-refractivity contribution in [2.45, 2.75) is 17.1 Å². The molecule has 206 valence electrons. The summed E-state index contributed by atoms with van der Waals surface area (Å²) >= 11 is 5.85. The summed E-state index contributed by atoms with van der Waals surface area (Å²) in [5, 5.41) is 16.3. The monoisotopic (exact) mass is 616 g/mol. The molecule has 41 heavy (non-hydrogen) atoms. The van der Waals surface area contributed by atoms with E-state index in [2.05, 4.69) is 20.9 Å². The fourth-order valence-corrected chi connectivity index (χ4v) is 6.66. The van der Waals surface area contributed by atoms with Gasteiger partial charge in [0, 0.05) is 21.5 Å². The van der Waals surface area contributed by atoms with Crippen LogP contribution < -0.4 is 16.0 Å².